The maximum absolute atomic E-state index is 6.20. The molecule has 0 bridgehead atoms. The molecule has 0 N–H and O–H groups in total. The lowest BCUT2D eigenvalue weighted by atomic mass is 10.2. The lowest BCUT2D eigenvalue weighted by Gasteiger charge is -1.98. The van der Waals surface area contributed by atoms with Gasteiger partial charge in [-0.2, -0.15) is 0 Å². The topological polar surface area (TPSA) is 43.1 Å². The summed E-state index contributed by atoms with van der Waals surface area (Å²) in [5.41, 5.74) is 3.20. The first-order chi connectivity index (χ1) is 9.22. The molecule has 0 saturated heterocycles. The van der Waals surface area contributed by atoms with Crippen LogP contribution in [0, 0.1) is 6.92 Å². The highest BCUT2D eigenvalue weighted by atomic mass is 35.5. The highest BCUT2D eigenvalue weighted by Gasteiger charge is 2.11. The number of pyridine rings is 1. The zero-order chi connectivity index (χ0) is 13.0. The van der Waals surface area contributed by atoms with Crippen LogP contribution in [0.2, 0.25) is 5.15 Å². The molecule has 0 atom stereocenters. The maximum atomic E-state index is 6.20. The van der Waals surface area contributed by atoms with Crippen molar-refractivity contribution in [2.75, 3.05) is 0 Å². The summed E-state index contributed by atoms with van der Waals surface area (Å²) in [6.45, 7) is 1.92. The summed E-state index contributed by atoms with van der Waals surface area (Å²) in [7, 11) is 0. The maximum Gasteiger partial charge on any atom is 0.184 e. The number of fused-ring (bicyclic) bond motifs is 4. The van der Waals surface area contributed by atoms with Crippen LogP contribution in [0.1, 0.15) is 5.69 Å². The highest BCUT2D eigenvalue weighted by Crippen LogP contribution is 2.24. The number of nitrogens with zero attached hydrogens (tertiary/aromatic N) is 4. The molecule has 0 spiro atoms. The Bertz CT molecular complexity index is 942. The molecule has 4 aromatic rings. The predicted molar refractivity (Wildman–Crippen MR) is 75.5 cm³/mol. The fourth-order valence-corrected chi connectivity index (χ4v) is 2.57. The van der Waals surface area contributed by atoms with Gasteiger partial charge in [-0.1, -0.05) is 29.8 Å². The van der Waals surface area contributed by atoms with Gasteiger partial charge >= 0.3 is 0 Å². The Balaban J connectivity index is 2.26. The van der Waals surface area contributed by atoms with Gasteiger partial charge in [0.1, 0.15) is 5.15 Å². The molecule has 0 amide bonds. The third-order valence-corrected chi connectivity index (χ3v) is 3.42. The fraction of sp³-hybridized carbons (Fsp3) is 0.0714. The quantitative estimate of drug-likeness (QED) is 0.459. The van der Waals surface area contributed by atoms with Crippen molar-refractivity contribution in [3.63, 3.8) is 0 Å². The summed E-state index contributed by atoms with van der Waals surface area (Å²) in [6.07, 6.45) is 0. The van der Waals surface area contributed by atoms with E-state index in [4.69, 9.17) is 11.6 Å². The van der Waals surface area contributed by atoms with E-state index < -0.39 is 0 Å². The van der Waals surface area contributed by atoms with Crippen LogP contribution in [-0.4, -0.2) is 19.6 Å². The van der Waals surface area contributed by atoms with Gasteiger partial charge in [0.2, 0.25) is 0 Å². The summed E-state index contributed by atoms with van der Waals surface area (Å²) in [6, 6.07) is 11.8. The number of aromatic nitrogens is 4. The number of para-hydroxylation sites is 1. The number of hydrogen-bond acceptors (Lipinski definition) is 3. The number of benzene rings is 1. The van der Waals surface area contributed by atoms with Crippen molar-refractivity contribution in [3.8, 4) is 0 Å². The van der Waals surface area contributed by atoms with E-state index in [9.17, 15) is 0 Å². The normalized spacial score (nSPS) is 11.7. The summed E-state index contributed by atoms with van der Waals surface area (Å²) in [4.78, 5) is 9.06. The van der Waals surface area contributed by atoms with Crippen molar-refractivity contribution < 1.29 is 0 Å². The molecule has 0 radical (unpaired) electrons. The minimum absolute atomic E-state index is 0.546. The van der Waals surface area contributed by atoms with Gasteiger partial charge in [0.25, 0.3) is 0 Å². The molecule has 0 aliphatic heterocycles. The van der Waals surface area contributed by atoms with E-state index in [2.05, 4.69) is 21.1 Å². The molecule has 0 fully saturated rings. The molecular weight excluding hydrogens is 260 g/mol. The first-order valence-electron chi connectivity index (χ1n) is 5.94. The average Bonchev–Trinajstić information content (AvgIpc) is 2.74. The smallest absolute Gasteiger partial charge is 0.184 e. The Morgan fingerprint density at radius 1 is 1.11 bits per heavy atom. The molecule has 1 aromatic carbocycles. The number of aryl methyl sites for hydroxylation is 1. The monoisotopic (exact) mass is 268 g/mol. The third kappa shape index (κ3) is 1.50. The predicted octanol–water partition coefficient (Wildman–Crippen LogP) is 3.39. The van der Waals surface area contributed by atoms with Gasteiger partial charge in [0, 0.05) is 11.1 Å². The van der Waals surface area contributed by atoms with Crippen LogP contribution in [-0.2, 0) is 0 Å². The molecule has 0 unspecified atom stereocenters. The Morgan fingerprint density at radius 2 is 1.95 bits per heavy atom. The van der Waals surface area contributed by atoms with Crippen molar-refractivity contribution in [2.24, 2.45) is 0 Å². The van der Waals surface area contributed by atoms with Crippen LogP contribution in [0.25, 0.3) is 27.6 Å². The van der Waals surface area contributed by atoms with Gasteiger partial charge in [-0.05, 0) is 25.1 Å². The molecule has 3 aromatic heterocycles. The van der Waals surface area contributed by atoms with Crippen LogP contribution in [0.3, 0.4) is 0 Å². The van der Waals surface area contributed by atoms with Crippen molar-refractivity contribution in [3.05, 3.63) is 47.2 Å². The van der Waals surface area contributed by atoms with Crippen LogP contribution >= 0.6 is 11.6 Å². The molecular formula is C14H9ClN4. The van der Waals surface area contributed by atoms with Gasteiger partial charge < -0.3 is 0 Å². The molecule has 19 heavy (non-hydrogen) atoms. The van der Waals surface area contributed by atoms with E-state index in [-0.39, 0.29) is 0 Å². The SMILES string of the molecule is Cc1cc(Cl)n2nc3nc4ccccc4cc3c2n1. The molecule has 0 aliphatic carbocycles. The van der Waals surface area contributed by atoms with Crippen molar-refractivity contribution in [1.82, 2.24) is 19.6 Å². The second-order valence-corrected chi connectivity index (χ2v) is 4.90. The molecule has 4 rings (SSSR count). The Kier molecular flexibility index (Phi) is 2.05. The summed E-state index contributed by atoms with van der Waals surface area (Å²) >= 11 is 6.20. The van der Waals surface area contributed by atoms with E-state index in [0.29, 0.717) is 10.8 Å². The van der Waals surface area contributed by atoms with Crippen molar-refractivity contribution >= 4 is 39.2 Å². The summed E-state index contributed by atoms with van der Waals surface area (Å²) in [5.74, 6) is 0. The molecule has 4 nitrogen and oxygen atoms in total. The average molecular weight is 269 g/mol. The first kappa shape index (κ1) is 10.7. The van der Waals surface area contributed by atoms with E-state index in [1.54, 1.807) is 10.6 Å². The lowest BCUT2D eigenvalue weighted by molar-refractivity contribution is 0.940. The Labute approximate surface area is 113 Å². The number of rotatable bonds is 0. The third-order valence-electron chi connectivity index (χ3n) is 3.15. The van der Waals surface area contributed by atoms with Gasteiger partial charge in [0.15, 0.2) is 11.3 Å². The molecule has 3 heterocycles. The zero-order valence-electron chi connectivity index (χ0n) is 10.1. The van der Waals surface area contributed by atoms with Gasteiger partial charge in [-0.3, -0.25) is 0 Å². The van der Waals surface area contributed by atoms with E-state index in [1.165, 1.54) is 0 Å². The number of halogens is 1. The van der Waals surface area contributed by atoms with E-state index >= 15 is 0 Å². The first-order valence-corrected chi connectivity index (χ1v) is 6.31. The minimum atomic E-state index is 0.546. The standard InChI is InChI=1S/C14H9ClN4/c1-8-6-12(15)19-14(16-8)10-7-9-4-2-3-5-11(9)17-13(10)18-19/h2-7H,1H3. The van der Waals surface area contributed by atoms with Crippen molar-refractivity contribution in [1.29, 1.82) is 0 Å². The minimum Gasteiger partial charge on any atom is -0.233 e. The molecule has 0 aliphatic rings. The zero-order valence-corrected chi connectivity index (χ0v) is 10.9. The van der Waals surface area contributed by atoms with Crippen molar-refractivity contribution in [2.45, 2.75) is 6.92 Å². The van der Waals surface area contributed by atoms with Crippen LogP contribution in [0.5, 0.6) is 0 Å². The van der Waals surface area contributed by atoms with Crippen LogP contribution in [0.15, 0.2) is 36.4 Å². The number of hydrogen-bond donors (Lipinski definition) is 0. The molecule has 5 heteroatoms. The molecule has 0 saturated carbocycles. The summed E-state index contributed by atoms with van der Waals surface area (Å²) in [5, 5.41) is 6.96. The lowest BCUT2D eigenvalue weighted by Crippen LogP contribution is -1.93. The second kappa shape index (κ2) is 3.65. The largest absolute Gasteiger partial charge is 0.233 e. The highest BCUT2D eigenvalue weighted by molar-refractivity contribution is 6.30. The van der Waals surface area contributed by atoms with E-state index in [1.807, 2.05) is 31.2 Å². The van der Waals surface area contributed by atoms with E-state index in [0.717, 1.165) is 27.6 Å². The Hall–Kier alpha value is -2.20. The van der Waals surface area contributed by atoms with Gasteiger partial charge in [0.05, 0.1) is 10.9 Å². The Morgan fingerprint density at radius 3 is 2.84 bits per heavy atom. The van der Waals surface area contributed by atoms with Gasteiger partial charge in [-0.25, -0.2) is 14.5 Å². The fourth-order valence-electron chi connectivity index (χ4n) is 2.29. The van der Waals surface area contributed by atoms with Gasteiger partial charge in [-0.15, -0.1) is 5.10 Å². The summed E-state index contributed by atoms with van der Waals surface area (Å²) < 4.78 is 1.63. The second-order valence-electron chi connectivity index (χ2n) is 4.51. The van der Waals surface area contributed by atoms with Crippen LogP contribution < -0.4 is 0 Å². The van der Waals surface area contributed by atoms with Crippen LogP contribution in [0.4, 0.5) is 0 Å². The molecule has 92 valence electrons.